The van der Waals surface area contributed by atoms with Crippen molar-refractivity contribution in [3.63, 3.8) is 0 Å². The number of carbonyl (C=O) groups is 3. The molecule has 0 aromatic heterocycles. The number of sulfone groups is 1. The van der Waals surface area contributed by atoms with Crippen molar-refractivity contribution in [2.75, 3.05) is 6.61 Å². The Morgan fingerprint density at radius 2 is 1.61 bits per heavy atom. The predicted molar refractivity (Wildman–Crippen MR) is 137 cm³/mol. The van der Waals surface area contributed by atoms with Gasteiger partial charge in [-0.3, -0.25) is 14.5 Å². The number of β-lactam (4-membered cyclic amide) rings is 1. The van der Waals surface area contributed by atoms with E-state index in [1.54, 1.807) is 75.4 Å². The van der Waals surface area contributed by atoms with Crippen LogP contribution in [-0.4, -0.2) is 60.2 Å². The molecule has 0 bridgehead atoms. The Hall–Kier alpha value is -3.70. The van der Waals surface area contributed by atoms with Crippen LogP contribution in [0.1, 0.15) is 33.3 Å². The largest absolute Gasteiger partial charge is 0.484 e. The third kappa shape index (κ3) is 5.58. The van der Waals surface area contributed by atoms with Crippen molar-refractivity contribution < 1.29 is 37.0 Å². The van der Waals surface area contributed by atoms with Gasteiger partial charge in [-0.15, -0.1) is 0 Å². The number of ether oxygens (including phenoxy) is 3. The minimum Gasteiger partial charge on any atom is -0.484 e. The first-order valence-corrected chi connectivity index (χ1v) is 13.6. The van der Waals surface area contributed by atoms with E-state index in [9.17, 15) is 22.8 Å². The van der Waals surface area contributed by atoms with E-state index in [4.69, 9.17) is 14.2 Å². The maximum absolute atomic E-state index is 13.7. The number of fused-ring (bicyclic) bond motifs is 1. The molecular weight excluding hydrogens is 512 g/mol. The maximum Gasteiger partial charge on any atom is 0.355 e. The molecule has 10 nitrogen and oxygen atoms in total. The van der Waals surface area contributed by atoms with Gasteiger partial charge in [0.15, 0.2) is 17.4 Å². The second-order valence-electron chi connectivity index (χ2n) is 10.00. The van der Waals surface area contributed by atoms with E-state index in [1.807, 2.05) is 6.07 Å². The summed E-state index contributed by atoms with van der Waals surface area (Å²) in [6, 6.07) is 16.1. The lowest BCUT2D eigenvalue weighted by Crippen LogP contribution is -2.76. The van der Waals surface area contributed by atoms with Crippen molar-refractivity contribution in [1.29, 1.82) is 0 Å². The Morgan fingerprint density at radius 1 is 1.00 bits per heavy atom. The van der Waals surface area contributed by atoms with Crippen molar-refractivity contribution in [3.05, 3.63) is 77.5 Å². The molecule has 0 saturated carbocycles. The predicted octanol–water partition coefficient (Wildman–Crippen LogP) is 2.31. The van der Waals surface area contributed by atoms with E-state index in [2.05, 4.69) is 5.32 Å². The quantitative estimate of drug-likeness (QED) is 0.398. The number of nitrogens with zero attached hydrogens (tertiary/aromatic N) is 1. The van der Waals surface area contributed by atoms with E-state index in [-0.39, 0.29) is 17.9 Å². The molecule has 1 N–H and O–H groups in total. The fraction of sp³-hybridized carbons (Fsp3) is 0.370. The number of hydrogen-bond donors (Lipinski definition) is 1. The summed E-state index contributed by atoms with van der Waals surface area (Å²) in [6.07, 6.45) is 0. The molecule has 0 spiro atoms. The fourth-order valence-corrected chi connectivity index (χ4v) is 6.46. The average molecular weight is 543 g/mol. The minimum atomic E-state index is -4.23. The van der Waals surface area contributed by atoms with E-state index in [0.717, 1.165) is 10.5 Å². The van der Waals surface area contributed by atoms with Gasteiger partial charge >= 0.3 is 5.97 Å². The van der Waals surface area contributed by atoms with Crippen LogP contribution in [0.3, 0.4) is 0 Å². The van der Waals surface area contributed by atoms with Crippen LogP contribution in [0, 0.1) is 0 Å². The monoisotopic (exact) mass is 542 g/mol. The summed E-state index contributed by atoms with van der Waals surface area (Å²) in [4.78, 5) is 39.7. The highest BCUT2D eigenvalue weighted by atomic mass is 32.2. The lowest BCUT2D eigenvalue weighted by Gasteiger charge is -2.50. The molecule has 2 aliphatic rings. The highest BCUT2D eigenvalue weighted by Crippen LogP contribution is 2.41. The van der Waals surface area contributed by atoms with Crippen molar-refractivity contribution >= 4 is 27.6 Å². The van der Waals surface area contributed by atoms with Gasteiger partial charge in [-0.05, 0) is 45.4 Å². The van der Waals surface area contributed by atoms with Gasteiger partial charge in [-0.1, -0.05) is 48.5 Å². The molecule has 1 unspecified atom stereocenters. The van der Waals surface area contributed by atoms with Crippen LogP contribution < -0.4 is 10.1 Å². The maximum atomic E-state index is 13.7. The number of benzene rings is 2. The molecule has 11 heteroatoms. The lowest BCUT2D eigenvalue weighted by molar-refractivity contribution is -0.159. The third-order valence-corrected chi connectivity index (χ3v) is 8.15. The normalized spacial score (nSPS) is 22.3. The van der Waals surface area contributed by atoms with Gasteiger partial charge in [0.1, 0.15) is 23.1 Å². The summed E-state index contributed by atoms with van der Waals surface area (Å²) < 4.78 is 44.1. The van der Waals surface area contributed by atoms with Gasteiger partial charge in [0, 0.05) is 5.57 Å². The topological polar surface area (TPSA) is 128 Å². The Morgan fingerprint density at radius 3 is 2.21 bits per heavy atom. The Kier molecular flexibility index (Phi) is 7.61. The van der Waals surface area contributed by atoms with E-state index in [1.165, 1.54) is 6.92 Å². The van der Waals surface area contributed by atoms with Crippen molar-refractivity contribution in [1.82, 2.24) is 10.2 Å². The van der Waals surface area contributed by atoms with Gasteiger partial charge in [0.25, 0.3) is 11.8 Å². The molecule has 2 aromatic rings. The molecule has 1 saturated heterocycles. The second kappa shape index (κ2) is 10.6. The Balaban J connectivity index is 1.60. The molecule has 0 aliphatic carbocycles. The molecular formula is C27H30N2O8S. The van der Waals surface area contributed by atoms with Crippen molar-refractivity contribution in [2.24, 2.45) is 0 Å². The fourth-order valence-electron chi connectivity index (χ4n) is 4.28. The molecule has 2 heterocycles. The smallest absolute Gasteiger partial charge is 0.355 e. The SMILES string of the molecule is CC1=C(C(=O)OC(C)(C)C)N2C(=O)[C@@H](NC(=O)COc3ccccc3)[C@H]2S(=O)(=O)C1OCc1ccccc1. The molecule has 202 valence electrons. The average Bonchev–Trinajstić information content (AvgIpc) is 2.85. The second-order valence-corrected chi connectivity index (χ2v) is 12.1. The van der Waals surface area contributed by atoms with Gasteiger partial charge in [0.2, 0.25) is 9.84 Å². The molecule has 2 aliphatic heterocycles. The number of hydrogen-bond acceptors (Lipinski definition) is 8. The number of amides is 2. The summed E-state index contributed by atoms with van der Waals surface area (Å²) in [7, 11) is -4.23. The summed E-state index contributed by atoms with van der Waals surface area (Å²) in [5.41, 5.74) is -1.86. The molecule has 38 heavy (non-hydrogen) atoms. The molecule has 3 atom stereocenters. The number of para-hydroxylation sites is 1. The molecule has 1 fully saturated rings. The first-order valence-electron chi connectivity index (χ1n) is 12.0. The number of carbonyl (C=O) groups excluding carboxylic acids is 3. The van der Waals surface area contributed by atoms with Crippen LogP contribution in [0.25, 0.3) is 0 Å². The summed E-state index contributed by atoms with van der Waals surface area (Å²) >= 11 is 0. The third-order valence-electron chi connectivity index (χ3n) is 5.91. The van der Waals surface area contributed by atoms with E-state index in [0.29, 0.717) is 5.75 Å². The first kappa shape index (κ1) is 27.3. The highest BCUT2D eigenvalue weighted by Gasteiger charge is 2.63. The number of esters is 1. The van der Waals surface area contributed by atoms with Gasteiger partial charge in [-0.2, -0.15) is 0 Å². The molecule has 2 amide bonds. The van der Waals surface area contributed by atoms with Crippen LogP contribution in [0.15, 0.2) is 71.9 Å². The minimum absolute atomic E-state index is 0.0389. The lowest BCUT2D eigenvalue weighted by atomic mass is 10.0. The van der Waals surface area contributed by atoms with Crippen LogP contribution >= 0.6 is 0 Å². The summed E-state index contributed by atoms with van der Waals surface area (Å²) in [5.74, 6) is -1.84. The molecule has 2 aromatic carbocycles. The number of rotatable bonds is 8. The zero-order chi connectivity index (χ0) is 27.7. The van der Waals surface area contributed by atoms with Crippen LogP contribution in [0.2, 0.25) is 0 Å². The van der Waals surface area contributed by atoms with E-state index >= 15 is 0 Å². The van der Waals surface area contributed by atoms with Gasteiger partial charge in [0.05, 0.1) is 6.61 Å². The van der Waals surface area contributed by atoms with Crippen molar-refractivity contribution in [2.45, 2.75) is 56.8 Å². The van der Waals surface area contributed by atoms with Crippen LogP contribution in [-0.2, 0) is 40.3 Å². The van der Waals surface area contributed by atoms with Gasteiger partial charge in [-0.25, -0.2) is 13.2 Å². The van der Waals surface area contributed by atoms with Gasteiger partial charge < -0.3 is 19.5 Å². The Bertz CT molecular complexity index is 1350. The van der Waals surface area contributed by atoms with Crippen LogP contribution in [0.5, 0.6) is 5.75 Å². The molecule has 4 rings (SSSR count). The van der Waals surface area contributed by atoms with E-state index < -0.39 is 56.7 Å². The first-order chi connectivity index (χ1) is 17.9. The summed E-state index contributed by atoms with van der Waals surface area (Å²) in [5, 5.41) is 0.904. The number of nitrogens with one attached hydrogen (secondary N) is 1. The van der Waals surface area contributed by atoms with Crippen molar-refractivity contribution in [3.8, 4) is 5.75 Å². The van der Waals surface area contributed by atoms with Crippen LogP contribution in [0.4, 0.5) is 0 Å². The zero-order valence-electron chi connectivity index (χ0n) is 21.5. The Labute approximate surface area is 221 Å². The zero-order valence-corrected chi connectivity index (χ0v) is 22.4. The summed E-state index contributed by atoms with van der Waals surface area (Å²) in [6.45, 7) is 5.93. The highest BCUT2D eigenvalue weighted by molar-refractivity contribution is 7.92. The molecule has 0 radical (unpaired) electrons. The standard InChI is InChI=1S/C27H30N2O8S/c1-17-22(25(32)37-27(2,3)4)29-23(31)21(28-20(30)16-35-19-13-9-6-10-14-19)24(29)38(33,34)26(17)36-15-18-11-7-5-8-12-18/h5-14,21,24,26H,15-16H2,1-4H3,(H,28,30)/t21-,24-,26?/m1/s1.